The summed E-state index contributed by atoms with van der Waals surface area (Å²) in [4.78, 5) is 2.45. The molecule has 0 saturated carbocycles. The molecule has 1 fully saturated rings. The second kappa shape index (κ2) is 6.29. The lowest BCUT2D eigenvalue weighted by molar-refractivity contribution is 0.00333. The molecule has 1 aromatic rings. The summed E-state index contributed by atoms with van der Waals surface area (Å²) < 4.78 is 5.69. The minimum atomic E-state index is -0.0543. The van der Waals surface area contributed by atoms with Crippen molar-refractivity contribution in [3.63, 3.8) is 0 Å². The molecule has 0 atom stereocenters. The van der Waals surface area contributed by atoms with E-state index in [0.29, 0.717) is 0 Å². The Bertz CT molecular complexity index is 375. The molecule has 0 spiro atoms. The molecule has 0 amide bonds. The van der Waals surface area contributed by atoms with Crippen molar-refractivity contribution in [2.75, 3.05) is 36.5 Å². The summed E-state index contributed by atoms with van der Waals surface area (Å²) >= 11 is 0. The Morgan fingerprint density at radius 1 is 1.11 bits per heavy atom. The molecule has 1 saturated heterocycles. The average molecular weight is 262 g/mol. The second-order valence-electron chi connectivity index (χ2n) is 6.13. The summed E-state index contributed by atoms with van der Waals surface area (Å²) in [7, 11) is 0. The first-order chi connectivity index (χ1) is 9.04. The quantitative estimate of drug-likeness (QED) is 0.822. The zero-order chi connectivity index (χ0) is 13.7. The fraction of sp³-hybridized carbons (Fsp3) is 0.625. The van der Waals surface area contributed by atoms with Crippen molar-refractivity contribution in [3.8, 4) is 0 Å². The lowest BCUT2D eigenvalue weighted by Gasteiger charge is -2.20. The Hall–Kier alpha value is -1.22. The van der Waals surface area contributed by atoms with Gasteiger partial charge in [-0.2, -0.15) is 0 Å². The zero-order valence-corrected chi connectivity index (χ0v) is 12.4. The van der Waals surface area contributed by atoms with Crippen LogP contribution >= 0.6 is 0 Å². The van der Waals surface area contributed by atoms with Gasteiger partial charge in [0.2, 0.25) is 0 Å². The number of anilines is 2. The van der Waals surface area contributed by atoms with Crippen LogP contribution in [-0.2, 0) is 4.74 Å². The van der Waals surface area contributed by atoms with E-state index in [-0.39, 0.29) is 5.60 Å². The molecular formula is C16H26N2O. The summed E-state index contributed by atoms with van der Waals surface area (Å²) in [6.07, 6.45) is 2.65. The van der Waals surface area contributed by atoms with E-state index in [0.717, 1.165) is 13.2 Å². The standard InChI is InChI=1S/C16H26N2O/c1-16(2,3)19-13-10-17-14-6-8-15(9-7-14)18-11-4-5-12-18/h6-9,17H,4-5,10-13H2,1-3H3. The first-order valence-corrected chi connectivity index (χ1v) is 7.27. The van der Waals surface area contributed by atoms with Gasteiger partial charge < -0.3 is 15.0 Å². The van der Waals surface area contributed by atoms with E-state index in [1.807, 2.05) is 0 Å². The van der Waals surface area contributed by atoms with Gasteiger partial charge >= 0.3 is 0 Å². The van der Waals surface area contributed by atoms with Gasteiger partial charge in [0.25, 0.3) is 0 Å². The lowest BCUT2D eigenvalue weighted by atomic mass is 10.2. The Morgan fingerprint density at radius 3 is 2.32 bits per heavy atom. The molecule has 1 aromatic carbocycles. The minimum Gasteiger partial charge on any atom is -0.383 e. The molecule has 0 radical (unpaired) electrons. The van der Waals surface area contributed by atoms with Crippen LogP contribution in [0.3, 0.4) is 0 Å². The summed E-state index contributed by atoms with van der Waals surface area (Å²) in [5, 5.41) is 3.39. The van der Waals surface area contributed by atoms with Gasteiger partial charge in [0.15, 0.2) is 0 Å². The predicted octanol–water partition coefficient (Wildman–Crippen LogP) is 3.51. The molecule has 0 aromatic heterocycles. The van der Waals surface area contributed by atoms with Crippen LogP contribution in [0.15, 0.2) is 24.3 Å². The number of rotatable bonds is 5. The van der Waals surface area contributed by atoms with Crippen LogP contribution in [0.1, 0.15) is 33.6 Å². The van der Waals surface area contributed by atoms with E-state index in [9.17, 15) is 0 Å². The van der Waals surface area contributed by atoms with E-state index in [4.69, 9.17) is 4.74 Å². The van der Waals surface area contributed by atoms with Crippen LogP contribution in [0.4, 0.5) is 11.4 Å². The smallest absolute Gasteiger partial charge is 0.0646 e. The van der Waals surface area contributed by atoms with Crippen LogP contribution in [0.2, 0.25) is 0 Å². The summed E-state index contributed by atoms with van der Waals surface area (Å²) in [6, 6.07) is 8.73. The largest absolute Gasteiger partial charge is 0.383 e. The van der Waals surface area contributed by atoms with E-state index < -0.39 is 0 Å². The van der Waals surface area contributed by atoms with Crippen LogP contribution in [0, 0.1) is 0 Å². The van der Waals surface area contributed by atoms with E-state index in [1.54, 1.807) is 0 Å². The molecule has 3 nitrogen and oxygen atoms in total. The first kappa shape index (κ1) is 14.2. The van der Waals surface area contributed by atoms with Crippen molar-refractivity contribution in [2.24, 2.45) is 0 Å². The molecular weight excluding hydrogens is 236 g/mol. The summed E-state index contributed by atoms with van der Waals surface area (Å²) in [5.41, 5.74) is 2.45. The average Bonchev–Trinajstić information content (AvgIpc) is 2.88. The number of benzene rings is 1. The Kier molecular flexibility index (Phi) is 4.70. The fourth-order valence-electron chi connectivity index (χ4n) is 2.32. The first-order valence-electron chi connectivity index (χ1n) is 7.27. The van der Waals surface area contributed by atoms with Crippen molar-refractivity contribution in [1.82, 2.24) is 0 Å². The van der Waals surface area contributed by atoms with Gasteiger partial charge in [0.05, 0.1) is 12.2 Å². The number of nitrogens with one attached hydrogen (secondary N) is 1. The van der Waals surface area contributed by atoms with Gasteiger partial charge in [-0.25, -0.2) is 0 Å². The Morgan fingerprint density at radius 2 is 1.74 bits per heavy atom. The molecule has 3 heteroatoms. The van der Waals surface area contributed by atoms with Crippen molar-refractivity contribution in [2.45, 2.75) is 39.2 Å². The number of hydrogen-bond acceptors (Lipinski definition) is 3. The molecule has 1 N–H and O–H groups in total. The van der Waals surface area contributed by atoms with Crippen molar-refractivity contribution in [1.29, 1.82) is 0 Å². The topological polar surface area (TPSA) is 24.5 Å². The SMILES string of the molecule is CC(C)(C)OCCNc1ccc(N2CCCC2)cc1. The molecule has 2 rings (SSSR count). The van der Waals surface area contributed by atoms with E-state index in [2.05, 4.69) is 55.3 Å². The van der Waals surface area contributed by atoms with Crippen LogP contribution in [0.25, 0.3) is 0 Å². The third-order valence-electron chi connectivity index (χ3n) is 3.30. The highest BCUT2D eigenvalue weighted by atomic mass is 16.5. The maximum Gasteiger partial charge on any atom is 0.0646 e. The van der Waals surface area contributed by atoms with Crippen LogP contribution < -0.4 is 10.2 Å². The van der Waals surface area contributed by atoms with Gasteiger partial charge in [0.1, 0.15) is 0 Å². The van der Waals surface area contributed by atoms with Crippen LogP contribution in [-0.4, -0.2) is 31.8 Å². The fourth-order valence-corrected chi connectivity index (χ4v) is 2.32. The van der Waals surface area contributed by atoms with Gasteiger partial charge in [0, 0.05) is 31.0 Å². The van der Waals surface area contributed by atoms with Crippen molar-refractivity contribution in [3.05, 3.63) is 24.3 Å². The monoisotopic (exact) mass is 262 g/mol. The Labute approximate surface area is 116 Å². The molecule has 0 bridgehead atoms. The van der Waals surface area contributed by atoms with Gasteiger partial charge in [-0.1, -0.05) is 0 Å². The predicted molar refractivity (Wildman–Crippen MR) is 82.1 cm³/mol. The normalized spacial score (nSPS) is 15.8. The highest BCUT2D eigenvalue weighted by Crippen LogP contribution is 2.21. The lowest BCUT2D eigenvalue weighted by Crippen LogP contribution is -2.23. The number of nitrogens with zero attached hydrogens (tertiary/aromatic N) is 1. The summed E-state index contributed by atoms with van der Waals surface area (Å²) in [6.45, 7) is 10.2. The van der Waals surface area contributed by atoms with Gasteiger partial charge in [-0.05, 0) is 57.9 Å². The molecule has 106 valence electrons. The Balaban J connectivity index is 1.75. The minimum absolute atomic E-state index is 0.0543. The zero-order valence-electron chi connectivity index (χ0n) is 12.4. The van der Waals surface area contributed by atoms with E-state index >= 15 is 0 Å². The molecule has 0 aliphatic carbocycles. The number of hydrogen-bond donors (Lipinski definition) is 1. The molecule has 19 heavy (non-hydrogen) atoms. The summed E-state index contributed by atoms with van der Waals surface area (Å²) in [5.74, 6) is 0. The molecule has 1 heterocycles. The second-order valence-corrected chi connectivity index (χ2v) is 6.13. The number of ether oxygens (including phenoxy) is 1. The maximum atomic E-state index is 5.69. The van der Waals surface area contributed by atoms with Crippen molar-refractivity contribution >= 4 is 11.4 Å². The molecule has 1 aliphatic heterocycles. The highest BCUT2D eigenvalue weighted by Gasteiger charge is 2.12. The highest BCUT2D eigenvalue weighted by molar-refractivity contribution is 5.55. The molecule has 1 aliphatic rings. The molecule has 0 unspecified atom stereocenters. The van der Waals surface area contributed by atoms with Gasteiger partial charge in [-0.15, -0.1) is 0 Å². The maximum absolute atomic E-state index is 5.69. The van der Waals surface area contributed by atoms with Crippen LogP contribution in [0.5, 0.6) is 0 Å². The third kappa shape index (κ3) is 4.75. The third-order valence-corrected chi connectivity index (χ3v) is 3.30. The van der Waals surface area contributed by atoms with Gasteiger partial charge in [-0.3, -0.25) is 0 Å². The van der Waals surface area contributed by atoms with Crippen molar-refractivity contribution < 1.29 is 4.74 Å². The van der Waals surface area contributed by atoms with E-state index in [1.165, 1.54) is 37.3 Å².